The Morgan fingerprint density at radius 3 is 2.27 bits per heavy atom. The topological polar surface area (TPSA) is 60.2 Å². The maximum atomic E-state index is 12.8. The van der Waals surface area contributed by atoms with Crippen LogP contribution in [0.25, 0.3) is 0 Å². The van der Waals surface area contributed by atoms with Gasteiger partial charge in [0.2, 0.25) is 0 Å². The molecule has 0 saturated heterocycles. The van der Waals surface area contributed by atoms with Crippen LogP contribution in [0.2, 0.25) is 10.0 Å². The van der Waals surface area contributed by atoms with E-state index in [2.05, 4.69) is 0 Å². The molecule has 3 rings (SSSR count). The van der Waals surface area contributed by atoms with Gasteiger partial charge in [-0.25, -0.2) is 8.42 Å². The fourth-order valence-electron chi connectivity index (χ4n) is 2.98. The number of sulfone groups is 1. The predicted molar refractivity (Wildman–Crippen MR) is 89.2 cm³/mol. The summed E-state index contributed by atoms with van der Waals surface area (Å²) in [5.74, 6) is -0.191. The van der Waals surface area contributed by atoms with Crippen LogP contribution in [0, 0.1) is 5.92 Å². The molecule has 0 spiro atoms. The Balaban J connectivity index is 1.95. The third-order valence-electron chi connectivity index (χ3n) is 4.10. The zero-order chi connectivity index (χ0) is 15.9. The van der Waals surface area contributed by atoms with E-state index in [9.17, 15) is 8.42 Å². The molecule has 0 aromatic heterocycles. The molecule has 22 heavy (non-hydrogen) atoms. The van der Waals surface area contributed by atoms with Crippen molar-refractivity contribution < 1.29 is 8.42 Å². The molecule has 2 N–H and O–H groups in total. The number of hydrogen-bond acceptors (Lipinski definition) is 3. The van der Waals surface area contributed by atoms with Gasteiger partial charge in [-0.2, -0.15) is 0 Å². The molecule has 2 aromatic carbocycles. The number of benzene rings is 2. The van der Waals surface area contributed by atoms with Crippen LogP contribution in [0.5, 0.6) is 0 Å². The Morgan fingerprint density at radius 2 is 1.68 bits per heavy atom. The Bertz CT molecular complexity index is 790. The second-order valence-corrected chi connectivity index (χ2v) is 8.42. The lowest BCUT2D eigenvalue weighted by atomic mass is 10.1. The molecule has 3 atom stereocenters. The van der Waals surface area contributed by atoms with Crippen molar-refractivity contribution in [1.29, 1.82) is 0 Å². The zero-order valence-corrected chi connectivity index (χ0v) is 13.9. The summed E-state index contributed by atoms with van der Waals surface area (Å²) in [4.78, 5) is 0.282. The van der Waals surface area contributed by atoms with E-state index < -0.39 is 15.1 Å². The fraction of sp³-hybridized carbons (Fsp3) is 0.250. The van der Waals surface area contributed by atoms with Gasteiger partial charge >= 0.3 is 0 Å². The number of hydrogen-bond donors (Lipinski definition) is 1. The minimum Gasteiger partial charge on any atom is -0.330 e. The molecule has 0 aliphatic heterocycles. The van der Waals surface area contributed by atoms with Crippen LogP contribution in [0.1, 0.15) is 11.5 Å². The third kappa shape index (κ3) is 2.76. The van der Waals surface area contributed by atoms with Gasteiger partial charge in [0.05, 0.1) is 10.1 Å². The summed E-state index contributed by atoms with van der Waals surface area (Å²) < 4.78 is 25.6. The van der Waals surface area contributed by atoms with E-state index >= 15 is 0 Å². The summed E-state index contributed by atoms with van der Waals surface area (Å²) in [5, 5.41) is 0.608. The lowest BCUT2D eigenvalue weighted by Gasteiger charge is -2.05. The molecule has 0 amide bonds. The quantitative estimate of drug-likeness (QED) is 0.912. The number of rotatable bonds is 4. The second kappa shape index (κ2) is 5.85. The number of halogens is 2. The highest BCUT2D eigenvalue weighted by atomic mass is 35.5. The first-order valence-corrected chi connectivity index (χ1v) is 9.20. The third-order valence-corrected chi connectivity index (χ3v) is 6.88. The first kappa shape index (κ1) is 15.8. The minimum atomic E-state index is -3.44. The first-order chi connectivity index (χ1) is 10.4. The Morgan fingerprint density at radius 1 is 1.00 bits per heavy atom. The highest BCUT2D eigenvalue weighted by Gasteiger charge is 2.58. The Labute approximate surface area is 140 Å². The van der Waals surface area contributed by atoms with E-state index in [-0.39, 0.29) is 16.7 Å². The van der Waals surface area contributed by atoms with Crippen molar-refractivity contribution in [2.24, 2.45) is 11.7 Å². The maximum Gasteiger partial charge on any atom is 0.182 e. The lowest BCUT2D eigenvalue weighted by Crippen LogP contribution is -2.13. The van der Waals surface area contributed by atoms with Gasteiger partial charge in [-0.05, 0) is 54.4 Å². The largest absolute Gasteiger partial charge is 0.330 e. The van der Waals surface area contributed by atoms with E-state index in [1.165, 1.54) is 0 Å². The van der Waals surface area contributed by atoms with Crippen molar-refractivity contribution in [3.8, 4) is 0 Å². The summed E-state index contributed by atoms with van der Waals surface area (Å²) in [5.41, 5.74) is 6.69. The average Bonchev–Trinajstić information content (AvgIpc) is 3.23. The first-order valence-electron chi connectivity index (χ1n) is 6.90. The van der Waals surface area contributed by atoms with E-state index in [0.29, 0.717) is 16.6 Å². The Hall–Kier alpha value is -1.07. The van der Waals surface area contributed by atoms with E-state index in [4.69, 9.17) is 28.9 Å². The summed E-state index contributed by atoms with van der Waals surface area (Å²) in [6.07, 6.45) is 0. The molecule has 0 radical (unpaired) electrons. The van der Waals surface area contributed by atoms with Crippen LogP contribution < -0.4 is 5.73 Å². The summed E-state index contributed by atoms with van der Waals surface area (Å²) in [7, 11) is -3.44. The van der Waals surface area contributed by atoms with Crippen molar-refractivity contribution in [2.45, 2.75) is 16.1 Å². The molecule has 1 saturated carbocycles. The summed E-state index contributed by atoms with van der Waals surface area (Å²) in [6, 6.07) is 13.6. The van der Waals surface area contributed by atoms with Crippen LogP contribution in [-0.2, 0) is 9.84 Å². The molecule has 0 bridgehead atoms. The van der Waals surface area contributed by atoms with Crippen molar-refractivity contribution in [2.75, 3.05) is 6.54 Å². The van der Waals surface area contributed by atoms with Crippen molar-refractivity contribution in [3.63, 3.8) is 0 Å². The van der Waals surface area contributed by atoms with E-state index in [1.807, 2.05) is 18.2 Å². The predicted octanol–water partition coefficient (Wildman–Crippen LogP) is 3.51. The van der Waals surface area contributed by atoms with Crippen LogP contribution in [-0.4, -0.2) is 20.2 Å². The monoisotopic (exact) mass is 355 g/mol. The molecular formula is C16H15Cl2NO2S. The molecule has 1 aliphatic rings. The van der Waals surface area contributed by atoms with E-state index in [1.54, 1.807) is 30.3 Å². The summed E-state index contributed by atoms with van der Waals surface area (Å²) >= 11 is 11.8. The van der Waals surface area contributed by atoms with Gasteiger partial charge in [0.1, 0.15) is 0 Å². The smallest absolute Gasteiger partial charge is 0.182 e. The van der Waals surface area contributed by atoms with Gasteiger partial charge in [0.25, 0.3) is 0 Å². The van der Waals surface area contributed by atoms with Gasteiger partial charge in [-0.15, -0.1) is 0 Å². The highest BCUT2D eigenvalue weighted by Crippen LogP contribution is 2.53. The SMILES string of the molecule is NC[C@@H]1[C@H](c2cccc(Cl)c2)[C@@H]1S(=O)(=O)c1ccc(Cl)cc1. The van der Waals surface area contributed by atoms with Crippen LogP contribution >= 0.6 is 23.2 Å². The summed E-state index contributed by atoms with van der Waals surface area (Å²) in [6.45, 7) is 0.328. The Kier molecular flexibility index (Phi) is 4.21. The molecule has 3 nitrogen and oxygen atoms in total. The minimum absolute atomic E-state index is 0.0841. The van der Waals surface area contributed by atoms with Gasteiger partial charge in [-0.1, -0.05) is 35.3 Å². The molecule has 116 valence electrons. The van der Waals surface area contributed by atoms with Crippen molar-refractivity contribution in [3.05, 3.63) is 64.1 Å². The van der Waals surface area contributed by atoms with Gasteiger partial charge in [0.15, 0.2) is 9.84 Å². The van der Waals surface area contributed by atoms with E-state index in [0.717, 1.165) is 5.56 Å². The number of nitrogens with two attached hydrogens (primary N) is 1. The molecule has 6 heteroatoms. The van der Waals surface area contributed by atoms with Crippen LogP contribution in [0.4, 0.5) is 0 Å². The van der Waals surface area contributed by atoms with Crippen LogP contribution in [0.15, 0.2) is 53.4 Å². The molecular weight excluding hydrogens is 341 g/mol. The van der Waals surface area contributed by atoms with Crippen molar-refractivity contribution >= 4 is 33.0 Å². The zero-order valence-electron chi connectivity index (χ0n) is 11.6. The van der Waals surface area contributed by atoms with Gasteiger partial charge < -0.3 is 5.73 Å². The van der Waals surface area contributed by atoms with Crippen LogP contribution in [0.3, 0.4) is 0 Å². The molecule has 0 unspecified atom stereocenters. The lowest BCUT2D eigenvalue weighted by molar-refractivity contribution is 0.591. The van der Waals surface area contributed by atoms with Gasteiger partial charge in [0, 0.05) is 16.0 Å². The highest BCUT2D eigenvalue weighted by molar-refractivity contribution is 7.92. The second-order valence-electron chi connectivity index (χ2n) is 5.44. The normalized spacial score (nSPS) is 24.2. The molecule has 1 aliphatic carbocycles. The van der Waals surface area contributed by atoms with Crippen molar-refractivity contribution in [1.82, 2.24) is 0 Å². The molecule has 0 heterocycles. The molecule has 1 fully saturated rings. The average molecular weight is 356 g/mol. The fourth-order valence-corrected chi connectivity index (χ4v) is 5.53. The standard InChI is InChI=1S/C16H15Cl2NO2S/c17-11-4-6-13(7-5-11)22(20,21)16-14(9-19)15(16)10-2-1-3-12(18)8-10/h1-8,14-16H,9,19H2/t14-,15+,16-/m1/s1. The van der Waals surface area contributed by atoms with Gasteiger partial charge in [-0.3, -0.25) is 0 Å². The molecule has 2 aromatic rings. The maximum absolute atomic E-state index is 12.8.